The zero-order chi connectivity index (χ0) is 18.0. The summed E-state index contributed by atoms with van der Waals surface area (Å²) in [7, 11) is 0. The summed E-state index contributed by atoms with van der Waals surface area (Å²) in [6.45, 7) is 2.13. The van der Waals surface area contributed by atoms with E-state index in [1.165, 1.54) is 6.07 Å². The van der Waals surface area contributed by atoms with Gasteiger partial charge in [-0.05, 0) is 24.3 Å². The van der Waals surface area contributed by atoms with Gasteiger partial charge in [0.2, 0.25) is 0 Å². The van der Waals surface area contributed by atoms with Crippen molar-refractivity contribution in [3.05, 3.63) is 58.9 Å². The van der Waals surface area contributed by atoms with Crippen LogP contribution in [-0.4, -0.2) is 42.0 Å². The number of piperazine rings is 1. The van der Waals surface area contributed by atoms with Crippen LogP contribution in [-0.2, 0) is 6.18 Å². The fraction of sp³-hybridized carbons (Fsp3) is 0.294. The van der Waals surface area contributed by atoms with E-state index >= 15 is 0 Å². The Bertz CT molecular complexity index is 756. The van der Waals surface area contributed by atoms with Gasteiger partial charge in [-0.3, -0.25) is 9.78 Å². The zero-order valence-corrected chi connectivity index (χ0v) is 13.9. The maximum absolute atomic E-state index is 12.5. The van der Waals surface area contributed by atoms with Gasteiger partial charge in [0.25, 0.3) is 5.91 Å². The van der Waals surface area contributed by atoms with Crippen LogP contribution in [0, 0.1) is 0 Å². The molecule has 0 bridgehead atoms. The molecule has 132 valence electrons. The van der Waals surface area contributed by atoms with E-state index in [9.17, 15) is 18.0 Å². The molecule has 0 radical (unpaired) electrons. The quantitative estimate of drug-likeness (QED) is 0.809. The average Bonchev–Trinajstić information content (AvgIpc) is 2.61. The van der Waals surface area contributed by atoms with Gasteiger partial charge in [0.05, 0.1) is 16.3 Å². The smallest absolute Gasteiger partial charge is 0.367 e. The number of nitrogens with zero attached hydrogens (tertiary/aromatic N) is 3. The summed E-state index contributed by atoms with van der Waals surface area (Å²) in [6, 6.07) is 9.46. The van der Waals surface area contributed by atoms with E-state index in [1.54, 1.807) is 4.90 Å². The number of benzene rings is 1. The van der Waals surface area contributed by atoms with E-state index in [4.69, 9.17) is 11.6 Å². The number of para-hydroxylation sites is 1. The minimum Gasteiger partial charge on any atom is -0.367 e. The summed E-state index contributed by atoms with van der Waals surface area (Å²) in [5, 5.41) is 0.647. The Labute approximate surface area is 147 Å². The van der Waals surface area contributed by atoms with Crippen molar-refractivity contribution in [3.63, 3.8) is 0 Å². The number of anilines is 1. The highest BCUT2D eigenvalue weighted by molar-refractivity contribution is 6.33. The van der Waals surface area contributed by atoms with Crippen LogP contribution in [0.4, 0.5) is 18.9 Å². The predicted octanol–water partition coefficient (Wildman–Crippen LogP) is 3.72. The third-order valence-corrected chi connectivity index (χ3v) is 4.38. The number of carbonyl (C=O) groups is 1. The van der Waals surface area contributed by atoms with Crippen LogP contribution in [0.1, 0.15) is 16.1 Å². The number of alkyl halides is 3. The summed E-state index contributed by atoms with van der Waals surface area (Å²) in [4.78, 5) is 19.5. The second-order valence-corrected chi connectivity index (χ2v) is 6.07. The summed E-state index contributed by atoms with van der Waals surface area (Å²) >= 11 is 6.18. The van der Waals surface area contributed by atoms with Crippen molar-refractivity contribution in [1.29, 1.82) is 0 Å². The molecular formula is C17H15ClF3N3O. The van der Waals surface area contributed by atoms with Gasteiger partial charge < -0.3 is 9.80 Å². The number of hydrogen-bond donors (Lipinski definition) is 0. The number of aromatic nitrogens is 1. The van der Waals surface area contributed by atoms with Gasteiger partial charge >= 0.3 is 6.18 Å². The number of pyridine rings is 1. The van der Waals surface area contributed by atoms with Crippen molar-refractivity contribution in [2.75, 3.05) is 31.1 Å². The number of rotatable bonds is 2. The molecule has 1 aliphatic heterocycles. The highest BCUT2D eigenvalue weighted by Gasteiger charge is 2.32. The van der Waals surface area contributed by atoms with Crippen molar-refractivity contribution < 1.29 is 18.0 Å². The molecule has 0 N–H and O–H groups in total. The minimum absolute atomic E-state index is 0.152. The van der Waals surface area contributed by atoms with Gasteiger partial charge in [0, 0.05) is 32.4 Å². The normalized spacial score (nSPS) is 15.4. The molecule has 0 spiro atoms. The minimum atomic E-state index is -4.51. The monoisotopic (exact) mass is 369 g/mol. The Hall–Kier alpha value is -2.28. The standard InChI is InChI=1S/C17H15ClF3N3O/c18-13-3-1-2-4-14(13)23-7-9-24(10-8-23)16(25)12-5-6-15(22-11-12)17(19,20)21/h1-6,11H,7-10H2. The van der Waals surface area contributed by atoms with Gasteiger partial charge in [-0.2, -0.15) is 13.2 Å². The Balaban J connectivity index is 1.65. The number of amides is 1. The van der Waals surface area contributed by atoms with Gasteiger partial charge in [0.1, 0.15) is 5.69 Å². The maximum Gasteiger partial charge on any atom is 0.433 e. The van der Waals surface area contributed by atoms with E-state index in [2.05, 4.69) is 9.88 Å². The molecule has 0 unspecified atom stereocenters. The van der Waals surface area contributed by atoms with Crippen molar-refractivity contribution in [2.45, 2.75) is 6.18 Å². The van der Waals surface area contributed by atoms with Crippen LogP contribution in [0.2, 0.25) is 5.02 Å². The molecule has 2 aromatic rings. The molecule has 25 heavy (non-hydrogen) atoms. The van der Waals surface area contributed by atoms with E-state index in [0.29, 0.717) is 31.2 Å². The van der Waals surface area contributed by atoms with Crippen LogP contribution >= 0.6 is 11.6 Å². The van der Waals surface area contributed by atoms with Crippen molar-refractivity contribution in [1.82, 2.24) is 9.88 Å². The van der Waals surface area contributed by atoms with Crippen LogP contribution in [0.15, 0.2) is 42.6 Å². The van der Waals surface area contributed by atoms with Gasteiger partial charge in [0.15, 0.2) is 0 Å². The molecule has 4 nitrogen and oxygen atoms in total. The average molecular weight is 370 g/mol. The van der Waals surface area contributed by atoms with Crippen LogP contribution < -0.4 is 4.90 Å². The molecule has 1 saturated heterocycles. The highest BCUT2D eigenvalue weighted by Crippen LogP contribution is 2.28. The van der Waals surface area contributed by atoms with Crippen LogP contribution in [0.3, 0.4) is 0 Å². The first-order valence-corrected chi connectivity index (χ1v) is 8.06. The van der Waals surface area contributed by atoms with E-state index < -0.39 is 11.9 Å². The molecule has 2 heterocycles. The fourth-order valence-electron chi connectivity index (χ4n) is 2.73. The summed E-state index contributed by atoms with van der Waals surface area (Å²) in [5.41, 5.74) is 0.0549. The lowest BCUT2D eigenvalue weighted by Gasteiger charge is -2.36. The molecule has 1 aromatic carbocycles. The van der Waals surface area contributed by atoms with Crippen LogP contribution in [0.25, 0.3) is 0 Å². The van der Waals surface area contributed by atoms with Gasteiger partial charge in [-0.25, -0.2) is 0 Å². The Kier molecular flexibility index (Phi) is 4.85. The molecule has 1 fully saturated rings. The Morgan fingerprint density at radius 2 is 1.72 bits per heavy atom. The SMILES string of the molecule is O=C(c1ccc(C(F)(F)F)nc1)N1CCN(c2ccccc2Cl)CC1. The van der Waals surface area contributed by atoms with E-state index in [1.807, 2.05) is 24.3 Å². The molecule has 8 heteroatoms. The van der Waals surface area contributed by atoms with Gasteiger partial charge in [-0.15, -0.1) is 0 Å². The first-order valence-electron chi connectivity index (χ1n) is 7.68. The second-order valence-electron chi connectivity index (χ2n) is 5.66. The van der Waals surface area contributed by atoms with Crippen molar-refractivity contribution >= 4 is 23.2 Å². The lowest BCUT2D eigenvalue weighted by Crippen LogP contribution is -2.48. The predicted molar refractivity (Wildman–Crippen MR) is 88.8 cm³/mol. The molecule has 1 aliphatic rings. The maximum atomic E-state index is 12.5. The number of carbonyl (C=O) groups excluding carboxylic acids is 1. The van der Waals surface area contributed by atoms with Crippen molar-refractivity contribution in [2.24, 2.45) is 0 Å². The molecule has 1 aromatic heterocycles. The second kappa shape index (κ2) is 6.92. The van der Waals surface area contributed by atoms with Crippen LogP contribution in [0.5, 0.6) is 0 Å². The number of hydrogen-bond acceptors (Lipinski definition) is 3. The van der Waals surface area contributed by atoms with Crippen molar-refractivity contribution in [3.8, 4) is 0 Å². The third-order valence-electron chi connectivity index (χ3n) is 4.06. The zero-order valence-electron chi connectivity index (χ0n) is 13.1. The fourth-order valence-corrected chi connectivity index (χ4v) is 2.98. The molecule has 1 amide bonds. The third kappa shape index (κ3) is 3.87. The molecule has 0 atom stereocenters. The number of halogens is 4. The highest BCUT2D eigenvalue weighted by atomic mass is 35.5. The summed E-state index contributed by atoms with van der Waals surface area (Å²) in [5.74, 6) is -0.319. The van der Waals surface area contributed by atoms with E-state index in [0.717, 1.165) is 18.0 Å². The first-order chi connectivity index (χ1) is 11.9. The molecule has 3 rings (SSSR count). The summed E-state index contributed by atoms with van der Waals surface area (Å²) < 4.78 is 37.6. The molecule has 0 saturated carbocycles. The Morgan fingerprint density at radius 3 is 2.28 bits per heavy atom. The van der Waals surface area contributed by atoms with Gasteiger partial charge in [-0.1, -0.05) is 23.7 Å². The topological polar surface area (TPSA) is 36.4 Å². The Morgan fingerprint density at radius 1 is 1.04 bits per heavy atom. The molecule has 0 aliphatic carbocycles. The molecular weight excluding hydrogens is 355 g/mol. The largest absolute Gasteiger partial charge is 0.433 e. The lowest BCUT2D eigenvalue weighted by atomic mass is 10.2. The first kappa shape index (κ1) is 17.5. The van der Waals surface area contributed by atoms with E-state index in [-0.39, 0.29) is 11.5 Å². The summed E-state index contributed by atoms with van der Waals surface area (Å²) in [6.07, 6.45) is -3.53. The lowest BCUT2D eigenvalue weighted by molar-refractivity contribution is -0.141.